The van der Waals surface area contributed by atoms with Gasteiger partial charge in [-0.25, -0.2) is 0 Å². The van der Waals surface area contributed by atoms with Crippen LogP contribution in [-0.4, -0.2) is 65.6 Å². The third-order valence-electron chi connectivity index (χ3n) is 6.38. The maximum absolute atomic E-state index is 12.9. The number of rotatable bonds is 3. The van der Waals surface area contributed by atoms with Crippen LogP contribution < -0.4 is 10.6 Å². The number of carbonyl (C=O) groups excluding carboxylic acids is 4. The Morgan fingerprint density at radius 2 is 1.68 bits per heavy atom. The van der Waals surface area contributed by atoms with Crippen molar-refractivity contribution < 1.29 is 19.2 Å². The predicted molar refractivity (Wildman–Crippen MR) is 98.2 cm³/mol. The van der Waals surface area contributed by atoms with Crippen LogP contribution in [-0.2, 0) is 16.1 Å². The van der Waals surface area contributed by atoms with E-state index in [0.29, 0.717) is 23.0 Å². The van der Waals surface area contributed by atoms with Crippen LogP contribution in [0.4, 0.5) is 0 Å². The fourth-order valence-electron chi connectivity index (χ4n) is 4.96. The molecule has 3 fully saturated rings. The molecule has 1 aromatic carbocycles. The smallest absolute Gasteiger partial charge is 0.262 e. The van der Waals surface area contributed by atoms with E-state index in [2.05, 4.69) is 15.5 Å². The molecule has 4 aliphatic heterocycles. The molecule has 4 amide bonds. The average molecular weight is 382 g/mol. The van der Waals surface area contributed by atoms with Gasteiger partial charge < -0.3 is 5.32 Å². The van der Waals surface area contributed by atoms with Crippen LogP contribution in [0.15, 0.2) is 18.2 Å². The van der Waals surface area contributed by atoms with Gasteiger partial charge in [-0.05, 0) is 49.0 Å². The number of hydrogen-bond acceptors (Lipinski definition) is 6. The highest BCUT2D eigenvalue weighted by atomic mass is 16.2. The van der Waals surface area contributed by atoms with E-state index in [1.165, 1.54) is 0 Å². The molecule has 0 bridgehead atoms. The van der Waals surface area contributed by atoms with Crippen molar-refractivity contribution in [1.82, 2.24) is 20.4 Å². The Morgan fingerprint density at radius 1 is 0.964 bits per heavy atom. The van der Waals surface area contributed by atoms with Gasteiger partial charge in [-0.15, -0.1) is 0 Å². The van der Waals surface area contributed by atoms with Gasteiger partial charge in [-0.3, -0.25) is 34.3 Å². The quantitative estimate of drug-likeness (QED) is 0.699. The Kier molecular flexibility index (Phi) is 4.06. The number of benzene rings is 1. The number of nitrogens with one attached hydrogen (secondary N) is 2. The van der Waals surface area contributed by atoms with E-state index in [4.69, 9.17) is 0 Å². The average Bonchev–Trinajstić information content (AvgIpc) is 3.30. The highest BCUT2D eigenvalue weighted by molar-refractivity contribution is 6.23. The van der Waals surface area contributed by atoms with E-state index >= 15 is 0 Å². The molecule has 1 aromatic rings. The van der Waals surface area contributed by atoms with Crippen LogP contribution in [0.25, 0.3) is 0 Å². The van der Waals surface area contributed by atoms with Crippen LogP contribution in [0.5, 0.6) is 0 Å². The monoisotopic (exact) mass is 382 g/mol. The molecule has 0 spiro atoms. The van der Waals surface area contributed by atoms with Crippen molar-refractivity contribution in [2.45, 2.75) is 25.4 Å². The number of fused-ring (bicyclic) bond motifs is 2. The van der Waals surface area contributed by atoms with Crippen LogP contribution in [0.2, 0.25) is 0 Å². The van der Waals surface area contributed by atoms with Gasteiger partial charge in [0.1, 0.15) is 6.04 Å². The lowest BCUT2D eigenvalue weighted by molar-refractivity contribution is -0.136. The molecular weight excluding hydrogens is 360 g/mol. The molecule has 1 unspecified atom stereocenters. The first kappa shape index (κ1) is 17.5. The van der Waals surface area contributed by atoms with Gasteiger partial charge in [0.2, 0.25) is 11.8 Å². The standard InChI is InChI=1S/C20H22N4O4/c25-17-4-3-16(18(26)22-17)24-19(27)14-2-1-11(5-15(14)20(24)28)8-23-9-12-6-21-7-13(12)10-23/h1-2,5,12-13,16,21H,3-4,6-10H2,(H,22,25,26)/t12-,13+,16?. The lowest BCUT2D eigenvalue weighted by atomic mass is 10.0. The summed E-state index contributed by atoms with van der Waals surface area (Å²) in [6.07, 6.45) is 0.300. The molecule has 8 heteroatoms. The zero-order valence-electron chi connectivity index (χ0n) is 15.4. The summed E-state index contributed by atoms with van der Waals surface area (Å²) in [6, 6.07) is 4.45. The highest BCUT2D eigenvalue weighted by Gasteiger charge is 2.44. The summed E-state index contributed by atoms with van der Waals surface area (Å²) in [5.74, 6) is -0.461. The first-order chi connectivity index (χ1) is 13.5. The Bertz CT molecular complexity index is 886. The molecule has 146 valence electrons. The van der Waals surface area contributed by atoms with Gasteiger partial charge in [-0.1, -0.05) is 6.07 Å². The molecule has 4 heterocycles. The Hall–Kier alpha value is -2.58. The molecule has 0 aliphatic carbocycles. The number of nitrogens with zero attached hydrogens (tertiary/aromatic N) is 2. The molecule has 3 saturated heterocycles. The van der Waals surface area contributed by atoms with E-state index in [1.807, 2.05) is 6.07 Å². The fraction of sp³-hybridized carbons (Fsp3) is 0.500. The summed E-state index contributed by atoms with van der Waals surface area (Å²) in [4.78, 5) is 52.6. The zero-order valence-corrected chi connectivity index (χ0v) is 15.4. The minimum atomic E-state index is -0.918. The van der Waals surface area contributed by atoms with E-state index in [0.717, 1.165) is 43.2 Å². The molecular formula is C20H22N4O4. The van der Waals surface area contributed by atoms with Crippen molar-refractivity contribution >= 4 is 23.6 Å². The van der Waals surface area contributed by atoms with E-state index in [1.54, 1.807) is 12.1 Å². The number of likely N-dealkylation sites (tertiary alicyclic amines) is 1. The highest BCUT2D eigenvalue weighted by Crippen LogP contribution is 2.30. The van der Waals surface area contributed by atoms with Gasteiger partial charge in [0.05, 0.1) is 11.1 Å². The number of amides is 4. The number of carbonyl (C=O) groups is 4. The summed E-state index contributed by atoms with van der Waals surface area (Å²) in [5, 5.41) is 5.64. The second kappa shape index (κ2) is 6.49. The van der Waals surface area contributed by atoms with Crippen molar-refractivity contribution in [3.63, 3.8) is 0 Å². The van der Waals surface area contributed by atoms with Gasteiger partial charge in [0.25, 0.3) is 11.8 Å². The lowest BCUT2D eigenvalue weighted by Gasteiger charge is -2.27. The summed E-state index contributed by atoms with van der Waals surface area (Å²) in [6.45, 7) is 4.98. The van der Waals surface area contributed by atoms with Gasteiger partial charge in [0, 0.05) is 26.1 Å². The fourth-order valence-corrected chi connectivity index (χ4v) is 4.96. The van der Waals surface area contributed by atoms with E-state index in [-0.39, 0.29) is 18.7 Å². The Labute approximate surface area is 162 Å². The molecule has 8 nitrogen and oxygen atoms in total. The SMILES string of the molecule is O=C1CCC(N2C(=O)c3ccc(CN4C[C@H]5CNC[C@H]5C4)cc3C2=O)C(=O)N1. The molecule has 0 aromatic heterocycles. The van der Waals surface area contributed by atoms with Crippen LogP contribution in [0.1, 0.15) is 39.1 Å². The van der Waals surface area contributed by atoms with Crippen molar-refractivity contribution in [3.8, 4) is 0 Å². The Balaban J connectivity index is 1.34. The number of piperidine rings is 1. The zero-order chi connectivity index (χ0) is 19.4. The van der Waals surface area contributed by atoms with Crippen LogP contribution in [0, 0.1) is 11.8 Å². The lowest BCUT2D eigenvalue weighted by Crippen LogP contribution is -2.54. The molecule has 3 atom stereocenters. The van der Waals surface area contributed by atoms with Gasteiger partial charge in [-0.2, -0.15) is 0 Å². The predicted octanol–water partition coefficient (Wildman–Crippen LogP) is -0.261. The second-order valence-corrected chi connectivity index (χ2v) is 8.20. The third-order valence-corrected chi connectivity index (χ3v) is 6.38. The molecule has 0 saturated carbocycles. The largest absolute Gasteiger partial charge is 0.316 e. The third kappa shape index (κ3) is 2.75. The molecule has 5 rings (SSSR count). The van der Waals surface area contributed by atoms with Crippen molar-refractivity contribution in [3.05, 3.63) is 34.9 Å². The molecule has 4 aliphatic rings. The van der Waals surface area contributed by atoms with Crippen LogP contribution >= 0.6 is 0 Å². The van der Waals surface area contributed by atoms with E-state index < -0.39 is 23.8 Å². The topological polar surface area (TPSA) is 98.8 Å². The summed E-state index contributed by atoms with van der Waals surface area (Å²) >= 11 is 0. The number of imide groups is 2. The second-order valence-electron chi connectivity index (χ2n) is 8.20. The van der Waals surface area contributed by atoms with Crippen LogP contribution in [0.3, 0.4) is 0 Å². The van der Waals surface area contributed by atoms with Gasteiger partial charge in [0.15, 0.2) is 0 Å². The molecule has 2 N–H and O–H groups in total. The minimum absolute atomic E-state index is 0.126. The van der Waals surface area contributed by atoms with Gasteiger partial charge >= 0.3 is 0 Å². The Morgan fingerprint density at radius 3 is 2.39 bits per heavy atom. The minimum Gasteiger partial charge on any atom is -0.316 e. The summed E-state index contributed by atoms with van der Waals surface area (Å²) in [7, 11) is 0. The first-order valence-corrected chi connectivity index (χ1v) is 9.79. The first-order valence-electron chi connectivity index (χ1n) is 9.79. The summed E-state index contributed by atoms with van der Waals surface area (Å²) < 4.78 is 0. The normalized spacial score (nSPS) is 30.0. The van der Waals surface area contributed by atoms with Crippen molar-refractivity contribution in [1.29, 1.82) is 0 Å². The maximum Gasteiger partial charge on any atom is 0.262 e. The van der Waals surface area contributed by atoms with Crippen molar-refractivity contribution in [2.24, 2.45) is 11.8 Å². The van der Waals surface area contributed by atoms with Crippen molar-refractivity contribution in [2.75, 3.05) is 26.2 Å². The van der Waals surface area contributed by atoms with E-state index in [9.17, 15) is 19.2 Å². The maximum atomic E-state index is 12.9. The molecule has 0 radical (unpaired) electrons. The molecule has 28 heavy (non-hydrogen) atoms. The number of hydrogen-bond donors (Lipinski definition) is 2. The summed E-state index contributed by atoms with van der Waals surface area (Å²) in [5.41, 5.74) is 1.69.